The van der Waals surface area contributed by atoms with Gasteiger partial charge in [0, 0.05) is 56.8 Å². The number of hydrogen-bond acceptors (Lipinski definition) is 4. The number of aromatic nitrogens is 2. The van der Waals surface area contributed by atoms with Gasteiger partial charge >= 0.3 is 0 Å². The van der Waals surface area contributed by atoms with Crippen molar-refractivity contribution in [3.63, 3.8) is 0 Å². The fourth-order valence-corrected chi connectivity index (χ4v) is 4.57. The summed E-state index contributed by atoms with van der Waals surface area (Å²) in [6.45, 7) is 4.24. The summed E-state index contributed by atoms with van der Waals surface area (Å²) in [6.07, 6.45) is 7.40. The summed E-state index contributed by atoms with van der Waals surface area (Å²) in [4.78, 5) is 11.2. The molecule has 0 spiro atoms. The molecule has 4 rings (SSSR count). The summed E-state index contributed by atoms with van der Waals surface area (Å²) in [5.41, 5.74) is 6.59. The second-order valence-electron chi connectivity index (χ2n) is 6.04. The molecule has 4 aromatic rings. The van der Waals surface area contributed by atoms with Gasteiger partial charge in [-0.15, -0.1) is 22.7 Å². The van der Waals surface area contributed by atoms with Gasteiger partial charge in [0.25, 0.3) is 0 Å². The van der Waals surface area contributed by atoms with Crippen LogP contribution in [0.2, 0.25) is 0 Å². The standard InChI is InChI=1S/C22H16N2S2/c1-15-5-7-25-21(15)19-9-17(11-23-13-19)3-4-18-10-20(14-24-12-18)22-16(2)6-8-26-22/h5-14H,1-2H3. The Labute approximate surface area is 161 Å². The summed E-state index contributed by atoms with van der Waals surface area (Å²) in [5.74, 6) is 6.45. The third-order valence-corrected chi connectivity index (χ3v) is 6.21. The van der Waals surface area contributed by atoms with Gasteiger partial charge in [0.05, 0.1) is 0 Å². The molecule has 26 heavy (non-hydrogen) atoms. The Kier molecular flexibility index (Phi) is 4.66. The van der Waals surface area contributed by atoms with E-state index in [2.05, 4.69) is 70.7 Å². The van der Waals surface area contributed by atoms with E-state index in [-0.39, 0.29) is 0 Å². The van der Waals surface area contributed by atoms with Crippen molar-refractivity contribution in [2.24, 2.45) is 0 Å². The van der Waals surface area contributed by atoms with Crippen LogP contribution >= 0.6 is 22.7 Å². The third-order valence-electron chi connectivity index (χ3n) is 4.08. The molecule has 0 unspecified atom stereocenters. The van der Waals surface area contributed by atoms with Gasteiger partial charge in [0.2, 0.25) is 0 Å². The Bertz CT molecular complexity index is 1040. The molecule has 0 aliphatic heterocycles. The smallest absolute Gasteiger partial charge is 0.0438 e. The van der Waals surface area contributed by atoms with Gasteiger partial charge in [-0.1, -0.05) is 11.8 Å². The van der Waals surface area contributed by atoms with Gasteiger partial charge in [0.1, 0.15) is 0 Å². The van der Waals surface area contributed by atoms with Crippen LogP contribution < -0.4 is 0 Å². The molecule has 0 bridgehead atoms. The third kappa shape index (κ3) is 3.45. The Morgan fingerprint density at radius 3 is 1.54 bits per heavy atom. The molecule has 2 nitrogen and oxygen atoms in total. The first-order valence-corrected chi connectivity index (χ1v) is 9.98. The van der Waals surface area contributed by atoms with E-state index in [1.54, 1.807) is 35.1 Å². The lowest BCUT2D eigenvalue weighted by Gasteiger charge is -2.01. The van der Waals surface area contributed by atoms with Gasteiger partial charge in [0.15, 0.2) is 0 Å². The highest BCUT2D eigenvalue weighted by Gasteiger charge is 2.05. The van der Waals surface area contributed by atoms with E-state index < -0.39 is 0 Å². The van der Waals surface area contributed by atoms with Crippen LogP contribution in [-0.2, 0) is 0 Å². The molecule has 0 saturated carbocycles. The average Bonchev–Trinajstić information content (AvgIpc) is 3.28. The Hall–Kier alpha value is -2.74. The maximum absolute atomic E-state index is 4.35. The fraction of sp³-hybridized carbons (Fsp3) is 0.0909. The van der Waals surface area contributed by atoms with Gasteiger partial charge in [-0.05, 0) is 60.0 Å². The normalized spacial score (nSPS) is 10.4. The molecule has 4 heteroatoms. The molecule has 0 radical (unpaired) electrons. The lowest BCUT2D eigenvalue weighted by atomic mass is 10.1. The van der Waals surface area contributed by atoms with Gasteiger partial charge in [-0.3, -0.25) is 9.97 Å². The summed E-state index contributed by atoms with van der Waals surface area (Å²) in [6, 6.07) is 8.45. The number of pyridine rings is 2. The van der Waals surface area contributed by atoms with Gasteiger partial charge < -0.3 is 0 Å². The molecule has 0 aromatic carbocycles. The number of aryl methyl sites for hydroxylation is 2. The Balaban J connectivity index is 1.65. The van der Waals surface area contributed by atoms with Crippen molar-refractivity contribution in [2.45, 2.75) is 13.8 Å². The minimum absolute atomic E-state index is 0.910. The average molecular weight is 373 g/mol. The molecule has 0 aliphatic rings. The van der Waals surface area contributed by atoms with Crippen LogP contribution in [0.1, 0.15) is 22.3 Å². The van der Waals surface area contributed by atoms with Crippen molar-refractivity contribution in [1.82, 2.24) is 9.97 Å². The van der Waals surface area contributed by atoms with Crippen LogP contribution in [0.3, 0.4) is 0 Å². The van der Waals surface area contributed by atoms with Crippen molar-refractivity contribution < 1.29 is 0 Å². The van der Waals surface area contributed by atoms with Crippen LogP contribution in [0, 0.1) is 25.7 Å². The number of rotatable bonds is 2. The van der Waals surface area contributed by atoms with Crippen LogP contribution in [0.4, 0.5) is 0 Å². The zero-order valence-corrected chi connectivity index (χ0v) is 16.1. The molecular weight excluding hydrogens is 356 g/mol. The lowest BCUT2D eigenvalue weighted by Crippen LogP contribution is -1.85. The van der Waals surface area contributed by atoms with E-state index >= 15 is 0 Å². The zero-order valence-electron chi connectivity index (χ0n) is 14.5. The topological polar surface area (TPSA) is 25.8 Å². The summed E-state index contributed by atoms with van der Waals surface area (Å²) >= 11 is 3.46. The SMILES string of the molecule is Cc1ccsc1-c1cncc(C#Cc2cncc(-c3sccc3C)c2)c1. The molecule has 0 amide bonds. The lowest BCUT2D eigenvalue weighted by molar-refractivity contribution is 1.31. The van der Waals surface area contributed by atoms with Gasteiger partial charge in [-0.25, -0.2) is 0 Å². The van der Waals surface area contributed by atoms with Crippen molar-refractivity contribution in [3.05, 3.63) is 82.1 Å². The second-order valence-corrected chi connectivity index (χ2v) is 7.87. The second kappa shape index (κ2) is 7.25. The fourth-order valence-electron chi connectivity index (χ4n) is 2.75. The van der Waals surface area contributed by atoms with Crippen molar-refractivity contribution in [2.75, 3.05) is 0 Å². The molecule has 0 atom stereocenters. The van der Waals surface area contributed by atoms with Crippen molar-refractivity contribution in [3.8, 4) is 32.7 Å². The molecule has 126 valence electrons. The zero-order chi connectivity index (χ0) is 17.9. The number of thiophene rings is 2. The van der Waals surface area contributed by atoms with Crippen LogP contribution in [0.25, 0.3) is 20.9 Å². The van der Waals surface area contributed by atoms with E-state index in [4.69, 9.17) is 0 Å². The summed E-state index contributed by atoms with van der Waals surface area (Å²) in [5, 5.41) is 4.21. The largest absolute Gasteiger partial charge is 0.263 e. The van der Waals surface area contributed by atoms with E-state index in [9.17, 15) is 0 Å². The first kappa shape index (κ1) is 16.7. The highest BCUT2D eigenvalue weighted by Crippen LogP contribution is 2.29. The molecule has 4 heterocycles. The van der Waals surface area contributed by atoms with Crippen LogP contribution in [0.15, 0.2) is 59.8 Å². The number of nitrogens with zero attached hydrogens (tertiary/aromatic N) is 2. The van der Waals surface area contributed by atoms with Crippen LogP contribution in [0.5, 0.6) is 0 Å². The molecule has 0 N–H and O–H groups in total. The van der Waals surface area contributed by atoms with E-state index in [1.807, 2.05) is 12.4 Å². The monoisotopic (exact) mass is 372 g/mol. The first-order valence-electron chi connectivity index (χ1n) is 8.22. The molecular formula is C22H16N2S2. The molecule has 0 fully saturated rings. The molecule has 4 aromatic heterocycles. The number of hydrogen-bond donors (Lipinski definition) is 0. The van der Waals surface area contributed by atoms with Crippen molar-refractivity contribution >= 4 is 22.7 Å². The Morgan fingerprint density at radius 2 is 1.15 bits per heavy atom. The van der Waals surface area contributed by atoms with E-state index in [0.29, 0.717) is 0 Å². The Morgan fingerprint density at radius 1 is 0.692 bits per heavy atom. The van der Waals surface area contributed by atoms with Crippen molar-refractivity contribution in [1.29, 1.82) is 0 Å². The minimum Gasteiger partial charge on any atom is -0.263 e. The summed E-state index contributed by atoms with van der Waals surface area (Å²) < 4.78 is 0. The summed E-state index contributed by atoms with van der Waals surface area (Å²) in [7, 11) is 0. The first-order chi connectivity index (χ1) is 12.7. The van der Waals surface area contributed by atoms with Crippen LogP contribution in [-0.4, -0.2) is 9.97 Å². The maximum Gasteiger partial charge on any atom is 0.0438 e. The highest BCUT2D eigenvalue weighted by molar-refractivity contribution is 7.14. The predicted octanol–water partition coefficient (Wildman–Crippen LogP) is 5.95. The van der Waals surface area contributed by atoms with E-state index in [1.165, 1.54) is 20.9 Å². The van der Waals surface area contributed by atoms with E-state index in [0.717, 1.165) is 22.3 Å². The molecule has 0 aliphatic carbocycles. The highest BCUT2D eigenvalue weighted by atomic mass is 32.1. The quantitative estimate of drug-likeness (QED) is 0.406. The molecule has 0 saturated heterocycles. The maximum atomic E-state index is 4.35. The van der Waals surface area contributed by atoms with Gasteiger partial charge in [-0.2, -0.15) is 0 Å². The minimum atomic E-state index is 0.910. The predicted molar refractivity (Wildman–Crippen MR) is 111 cm³/mol.